The molecule has 0 unspecified atom stereocenters. The van der Waals surface area contributed by atoms with Crippen molar-refractivity contribution in [1.82, 2.24) is 0 Å². The summed E-state index contributed by atoms with van der Waals surface area (Å²) in [7, 11) is 0. The SMILES string of the molecule is CCOC(=O)O[C@@H]1C=C[C@H](COCc2ccccc2)C1. The van der Waals surface area contributed by atoms with E-state index in [1.165, 1.54) is 0 Å². The second-order valence-electron chi connectivity index (χ2n) is 4.72. The molecule has 0 radical (unpaired) electrons. The Morgan fingerprint density at radius 3 is 2.80 bits per heavy atom. The molecule has 2 atom stereocenters. The molecule has 0 heterocycles. The van der Waals surface area contributed by atoms with E-state index in [9.17, 15) is 4.79 Å². The first-order chi connectivity index (χ1) is 9.78. The average molecular weight is 276 g/mol. The minimum absolute atomic E-state index is 0.195. The predicted octanol–water partition coefficient (Wildman–Crippen LogP) is 3.32. The summed E-state index contributed by atoms with van der Waals surface area (Å²) in [5, 5.41) is 0. The lowest BCUT2D eigenvalue weighted by atomic mass is 10.1. The molecule has 0 aromatic heterocycles. The third kappa shape index (κ3) is 4.70. The van der Waals surface area contributed by atoms with Crippen molar-refractivity contribution in [3.63, 3.8) is 0 Å². The maximum Gasteiger partial charge on any atom is 0.508 e. The molecule has 0 saturated heterocycles. The zero-order chi connectivity index (χ0) is 14.2. The fourth-order valence-corrected chi connectivity index (χ4v) is 2.13. The number of carbonyl (C=O) groups excluding carboxylic acids is 1. The highest BCUT2D eigenvalue weighted by molar-refractivity contribution is 5.60. The first-order valence-electron chi connectivity index (χ1n) is 6.91. The molecule has 0 fully saturated rings. The minimum atomic E-state index is -0.604. The van der Waals surface area contributed by atoms with Crippen LogP contribution in [0.1, 0.15) is 18.9 Å². The highest BCUT2D eigenvalue weighted by Crippen LogP contribution is 2.21. The molecule has 0 amide bonds. The van der Waals surface area contributed by atoms with E-state index in [0.29, 0.717) is 19.8 Å². The zero-order valence-corrected chi connectivity index (χ0v) is 11.7. The molecule has 0 bridgehead atoms. The average Bonchev–Trinajstić information content (AvgIpc) is 2.88. The third-order valence-electron chi connectivity index (χ3n) is 3.09. The molecule has 1 aliphatic rings. The van der Waals surface area contributed by atoms with Gasteiger partial charge in [-0.05, 0) is 25.0 Å². The molecule has 1 aromatic carbocycles. The summed E-state index contributed by atoms with van der Waals surface area (Å²) in [6, 6.07) is 10.1. The van der Waals surface area contributed by atoms with Crippen LogP contribution in [0.15, 0.2) is 42.5 Å². The molecule has 1 aromatic rings. The summed E-state index contributed by atoms with van der Waals surface area (Å²) >= 11 is 0. The standard InChI is InChI=1S/C16H20O4/c1-2-19-16(17)20-15-9-8-14(10-15)12-18-11-13-6-4-3-5-7-13/h3-9,14-15H,2,10-12H2,1H3/t14-,15+/m0/s1. The lowest BCUT2D eigenvalue weighted by Crippen LogP contribution is -2.17. The van der Waals surface area contributed by atoms with Crippen molar-refractivity contribution in [3.8, 4) is 0 Å². The molecule has 0 spiro atoms. The summed E-state index contributed by atoms with van der Waals surface area (Å²) < 4.78 is 15.6. The largest absolute Gasteiger partial charge is 0.508 e. The second-order valence-corrected chi connectivity index (χ2v) is 4.72. The van der Waals surface area contributed by atoms with Crippen LogP contribution in [-0.2, 0) is 20.8 Å². The molecule has 1 aliphatic carbocycles. The first-order valence-corrected chi connectivity index (χ1v) is 6.91. The van der Waals surface area contributed by atoms with Crippen LogP contribution in [0.4, 0.5) is 4.79 Å². The third-order valence-corrected chi connectivity index (χ3v) is 3.09. The molecule has 20 heavy (non-hydrogen) atoms. The Labute approximate surface area is 119 Å². The van der Waals surface area contributed by atoms with E-state index in [0.717, 1.165) is 12.0 Å². The Kier molecular flexibility index (Phi) is 5.62. The van der Waals surface area contributed by atoms with Gasteiger partial charge < -0.3 is 14.2 Å². The Morgan fingerprint density at radius 1 is 1.25 bits per heavy atom. The molecule has 0 aliphatic heterocycles. The predicted molar refractivity (Wildman–Crippen MR) is 75.2 cm³/mol. The molecule has 108 valence electrons. The van der Waals surface area contributed by atoms with E-state index in [4.69, 9.17) is 14.2 Å². The molecular weight excluding hydrogens is 256 g/mol. The van der Waals surface area contributed by atoms with E-state index in [2.05, 4.69) is 0 Å². The summed E-state index contributed by atoms with van der Waals surface area (Å²) in [5.41, 5.74) is 1.16. The van der Waals surface area contributed by atoms with Gasteiger partial charge in [0.1, 0.15) is 6.10 Å². The van der Waals surface area contributed by atoms with Crippen LogP contribution >= 0.6 is 0 Å². The quantitative estimate of drug-likeness (QED) is 0.590. The van der Waals surface area contributed by atoms with E-state index in [-0.39, 0.29) is 12.0 Å². The van der Waals surface area contributed by atoms with E-state index < -0.39 is 6.16 Å². The first kappa shape index (κ1) is 14.6. The van der Waals surface area contributed by atoms with Gasteiger partial charge >= 0.3 is 6.16 Å². The fourth-order valence-electron chi connectivity index (χ4n) is 2.13. The van der Waals surface area contributed by atoms with E-state index >= 15 is 0 Å². The Balaban J connectivity index is 1.64. The fraction of sp³-hybridized carbons (Fsp3) is 0.438. The van der Waals surface area contributed by atoms with Crippen molar-refractivity contribution in [2.45, 2.75) is 26.1 Å². The Hall–Kier alpha value is -1.81. The summed E-state index contributed by atoms with van der Waals surface area (Å²) in [6.45, 7) is 3.33. The smallest absolute Gasteiger partial charge is 0.435 e. The molecule has 2 rings (SSSR count). The molecule has 0 saturated carbocycles. The Bertz CT molecular complexity index is 441. The monoisotopic (exact) mass is 276 g/mol. The Morgan fingerprint density at radius 2 is 2.05 bits per heavy atom. The van der Waals surface area contributed by atoms with Gasteiger partial charge in [0.15, 0.2) is 0 Å². The van der Waals surface area contributed by atoms with Crippen molar-refractivity contribution < 1.29 is 19.0 Å². The maximum absolute atomic E-state index is 11.2. The number of rotatable bonds is 6. The van der Waals surface area contributed by atoms with Crippen molar-refractivity contribution in [2.24, 2.45) is 5.92 Å². The number of carbonyl (C=O) groups is 1. The number of hydrogen-bond acceptors (Lipinski definition) is 4. The van der Waals surface area contributed by atoms with E-state index in [1.807, 2.05) is 42.5 Å². The van der Waals surface area contributed by atoms with E-state index in [1.54, 1.807) is 6.92 Å². The van der Waals surface area contributed by atoms with Gasteiger partial charge in [-0.1, -0.05) is 36.4 Å². The van der Waals surface area contributed by atoms with Gasteiger partial charge in [-0.15, -0.1) is 0 Å². The molecule has 4 nitrogen and oxygen atoms in total. The van der Waals surface area contributed by atoms with Crippen molar-refractivity contribution in [3.05, 3.63) is 48.0 Å². The van der Waals surface area contributed by atoms with Crippen LogP contribution in [0.5, 0.6) is 0 Å². The van der Waals surface area contributed by atoms with Crippen LogP contribution in [-0.4, -0.2) is 25.5 Å². The topological polar surface area (TPSA) is 44.8 Å². The number of benzene rings is 1. The number of hydrogen-bond donors (Lipinski definition) is 0. The lowest BCUT2D eigenvalue weighted by Gasteiger charge is -2.13. The van der Waals surface area contributed by atoms with Gasteiger partial charge in [0, 0.05) is 5.92 Å². The highest BCUT2D eigenvalue weighted by atomic mass is 16.7. The normalized spacial score (nSPS) is 20.9. The van der Waals surface area contributed by atoms with Gasteiger partial charge in [-0.25, -0.2) is 4.79 Å². The van der Waals surface area contributed by atoms with Gasteiger partial charge in [-0.2, -0.15) is 0 Å². The summed E-state index contributed by atoms with van der Waals surface area (Å²) in [5.74, 6) is 0.290. The minimum Gasteiger partial charge on any atom is -0.435 e. The molecule has 0 N–H and O–H groups in total. The zero-order valence-electron chi connectivity index (χ0n) is 11.7. The van der Waals surface area contributed by atoms with Crippen LogP contribution in [0.25, 0.3) is 0 Å². The van der Waals surface area contributed by atoms with Gasteiger partial charge in [0.05, 0.1) is 19.8 Å². The van der Waals surface area contributed by atoms with Gasteiger partial charge in [-0.3, -0.25) is 0 Å². The maximum atomic E-state index is 11.2. The molecular formula is C16H20O4. The summed E-state index contributed by atoms with van der Waals surface area (Å²) in [6.07, 6.45) is 3.89. The van der Waals surface area contributed by atoms with Crippen LogP contribution in [0.2, 0.25) is 0 Å². The highest BCUT2D eigenvalue weighted by Gasteiger charge is 2.22. The van der Waals surface area contributed by atoms with Crippen molar-refractivity contribution in [1.29, 1.82) is 0 Å². The summed E-state index contributed by atoms with van der Waals surface area (Å²) in [4.78, 5) is 11.2. The second kappa shape index (κ2) is 7.70. The van der Waals surface area contributed by atoms with Gasteiger partial charge in [0.25, 0.3) is 0 Å². The van der Waals surface area contributed by atoms with Crippen LogP contribution in [0.3, 0.4) is 0 Å². The van der Waals surface area contributed by atoms with Crippen molar-refractivity contribution >= 4 is 6.16 Å². The van der Waals surface area contributed by atoms with Crippen LogP contribution < -0.4 is 0 Å². The number of ether oxygens (including phenoxy) is 3. The van der Waals surface area contributed by atoms with Crippen LogP contribution in [0, 0.1) is 5.92 Å². The molecule has 4 heteroatoms. The van der Waals surface area contributed by atoms with Gasteiger partial charge in [0.2, 0.25) is 0 Å². The lowest BCUT2D eigenvalue weighted by molar-refractivity contribution is 0.0325. The van der Waals surface area contributed by atoms with Crippen molar-refractivity contribution in [2.75, 3.05) is 13.2 Å².